The summed E-state index contributed by atoms with van der Waals surface area (Å²) >= 11 is 0. The van der Waals surface area contributed by atoms with Gasteiger partial charge in [-0.25, -0.2) is 0 Å². The predicted octanol–water partition coefficient (Wildman–Crippen LogP) is 23.4. The second-order valence-electron chi connectivity index (χ2n) is 21.6. The van der Waals surface area contributed by atoms with Crippen molar-refractivity contribution in [2.24, 2.45) is 0 Å². The van der Waals surface area contributed by atoms with E-state index in [-0.39, 0.29) is 37.5 Å². The minimum absolute atomic E-state index is 0.102. The van der Waals surface area contributed by atoms with E-state index in [9.17, 15) is 14.4 Å². The van der Waals surface area contributed by atoms with Crippen molar-refractivity contribution in [1.82, 2.24) is 0 Å². The zero-order valence-electron chi connectivity index (χ0n) is 53.4. The number of allylic oxidation sites excluding steroid dienone is 28. The van der Waals surface area contributed by atoms with E-state index in [1.54, 1.807) is 0 Å². The van der Waals surface area contributed by atoms with Crippen molar-refractivity contribution < 1.29 is 28.6 Å². The molecule has 6 heteroatoms. The summed E-state index contributed by atoms with van der Waals surface area (Å²) in [4.78, 5) is 38.4. The van der Waals surface area contributed by atoms with Crippen LogP contribution in [0.3, 0.4) is 0 Å². The van der Waals surface area contributed by atoms with Crippen LogP contribution in [-0.2, 0) is 28.6 Å². The zero-order valence-corrected chi connectivity index (χ0v) is 53.4. The first-order chi connectivity index (χ1) is 41.0. The van der Waals surface area contributed by atoms with Crippen LogP contribution in [0.5, 0.6) is 0 Å². The fraction of sp³-hybridized carbons (Fsp3) is 0.597. The Labute approximate surface area is 511 Å². The summed E-state index contributed by atoms with van der Waals surface area (Å²) in [7, 11) is 0. The molecule has 0 rings (SSSR count). The van der Waals surface area contributed by atoms with Crippen LogP contribution in [0.4, 0.5) is 0 Å². The number of hydrogen-bond acceptors (Lipinski definition) is 6. The maximum atomic E-state index is 12.9. The molecule has 0 aliphatic heterocycles. The Morgan fingerprint density at radius 1 is 0.241 bits per heavy atom. The molecule has 0 aromatic heterocycles. The topological polar surface area (TPSA) is 78.9 Å². The van der Waals surface area contributed by atoms with E-state index in [1.165, 1.54) is 57.8 Å². The maximum absolute atomic E-state index is 12.9. The van der Waals surface area contributed by atoms with Gasteiger partial charge < -0.3 is 14.2 Å². The molecule has 466 valence electrons. The molecule has 0 N–H and O–H groups in total. The van der Waals surface area contributed by atoms with E-state index < -0.39 is 6.10 Å². The van der Waals surface area contributed by atoms with Crippen LogP contribution in [0.15, 0.2) is 170 Å². The van der Waals surface area contributed by atoms with Gasteiger partial charge in [0, 0.05) is 19.3 Å². The van der Waals surface area contributed by atoms with E-state index in [4.69, 9.17) is 14.2 Å². The molecule has 0 aliphatic rings. The molecule has 0 aromatic rings. The van der Waals surface area contributed by atoms with Gasteiger partial charge in [-0.2, -0.15) is 0 Å². The minimum atomic E-state index is -0.809. The van der Waals surface area contributed by atoms with Crippen LogP contribution in [0, 0.1) is 0 Å². The van der Waals surface area contributed by atoms with Crippen molar-refractivity contribution in [3.63, 3.8) is 0 Å². The first-order valence-corrected chi connectivity index (χ1v) is 33.6. The van der Waals surface area contributed by atoms with E-state index in [1.807, 2.05) is 0 Å². The summed E-state index contributed by atoms with van der Waals surface area (Å²) in [6, 6.07) is 0. The fourth-order valence-corrected chi connectivity index (χ4v) is 8.78. The molecule has 0 saturated heterocycles. The van der Waals surface area contributed by atoms with Gasteiger partial charge in [0.2, 0.25) is 0 Å². The summed E-state index contributed by atoms with van der Waals surface area (Å²) in [5.74, 6) is -0.948. The van der Waals surface area contributed by atoms with Crippen LogP contribution >= 0.6 is 0 Å². The van der Waals surface area contributed by atoms with Gasteiger partial charge in [0.15, 0.2) is 6.10 Å². The third-order valence-electron chi connectivity index (χ3n) is 13.7. The number of carbonyl (C=O) groups excluding carboxylic acids is 3. The molecule has 0 heterocycles. The highest BCUT2D eigenvalue weighted by molar-refractivity contribution is 5.71. The Kier molecular flexibility index (Phi) is 64.9. The van der Waals surface area contributed by atoms with E-state index >= 15 is 0 Å². The van der Waals surface area contributed by atoms with Gasteiger partial charge >= 0.3 is 17.9 Å². The van der Waals surface area contributed by atoms with E-state index in [2.05, 4.69) is 191 Å². The van der Waals surface area contributed by atoms with Crippen molar-refractivity contribution in [2.45, 2.75) is 284 Å². The molecule has 0 spiro atoms. The van der Waals surface area contributed by atoms with Crippen LogP contribution in [0.2, 0.25) is 0 Å². The highest BCUT2D eigenvalue weighted by Crippen LogP contribution is 2.15. The lowest BCUT2D eigenvalue weighted by molar-refractivity contribution is -0.167. The molecule has 0 aromatic carbocycles. The smallest absolute Gasteiger partial charge is 0.306 e. The summed E-state index contributed by atoms with van der Waals surface area (Å²) in [5, 5.41) is 0. The molecule has 0 radical (unpaired) electrons. The van der Waals surface area contributed by atoms with Crippen LogP contribution in [-0.4, -0.2) is 37.2 Å². The molecule has 1 atom stereocenters. The molecule has 83 heavy (non-hydrogen) atoms. The maximum Gasteiger partial charge on any atom is 0.306 e. The largest absolute Gasteiger partial charge is 0.462 e. The Morgan fingerprint density at radius 3 is 0.675 bits per heavy atom. The van der Waals surface area contributed by atoms with Gasteiger partial charge in [-0.05, 0) is 148 Å². The molecular weight excluding hydrogens is 1020 g/mol. The second-order valence-corrected chi connectivity index (χ2v) is 21.6. The molecular formula is C77H122O6. The molecule has 0 bridgehead atoms. The van der Waals surface area contributed by atoms with Gasteiger partial charge in [0.25, 0.3) is 0 Å². The summed E-state index contributed by atoms with van der Waals surface area (Å²) in [6.07, 6.45) is 102. The van der Waals surface area contributed by atoms with Crippen LogP contribution in [0.1, 0.15) is 278 Å². The molecule has 1 unspecified atom stereocenters. The number of carbonyl (C=O) groups is 3. The first kappa shape index (κ1) is 77.8. The van der Waals surface area contributed by atoms with Crippen molar-refractivity contribution in [3.05, 3.63) is 170 Å². The van der Waals surface area contributed by atoms with Gasteiger partial charge in [-0.3, -0.25) is 14.4 Å². The van der Waals surface area contributed by atoms with Gasteiger partial charge in [0.1, 0.15) is 13.2 Å². The van der Waals surface area contributed by atoms with E-state index in [0.717, 1.165) is 180 Å². The van der Waals surface area contributed by atoms with Crippen molar-refractivity contribution in [2.75, 3.05) is 13.2 Å². The Balaban J connectivity index is 4.33. The summed E-state index contributed by atoms with van der Waals surface area (Å²) < 4.78 is 16.9. The SMILES string of the molecule is CC/C=C\C/C=C\C/C=C\C/C=C\C/C=C\C/C=C\C/C=C\CCCCCCCCCCCCCC(=O)OCC(COC(=O)CCCCCCC/C=C\C/C=C\C/C=C\CC)OC(=O)CCCCCC/C=C\C/C=C\C/C=C\C/C=C\CC. The minimum Gasteiger partial charge on any atom is -0.462 e. The average molecular weight is 1140 g/mol. The first-order valence-electron chi connectivity index (χ1n) is 33.6. The number of unbranched alkanes of at least 4 members (excludes halogenated alkanes) is 20. The second kappa shape index (κ2) is 69.3. The lowest BCUT2D eigenvalue weighted by atomic mass is 10.0. The number of hydrogen-bond donors (Lipinski definition) is 0. The Morgan fingerprint density at radius 2 is 0.434 bits per heavy atom. The van der Waals surface area contributed by atoms with Gasteiger partial charge in [-0.15, -0.1) is 0 Å². The van der Waals surface area contributed by atoms with E-state index in [0.29, 0.717) is 12.8 Å². The number of ether oxygens (including phenoxy) is 3. The van der Waals surface area contributed by atoms with Gasteiger partial charge in [-0.1, -0.05) is 281 Å². The third kappa shape index (κ3) is 67.4. The fourth-order valence-electron chi connectivity index (χ4n) is 8.78. The molecule has 0 saturated carbocycles. The summed E-state index contributed by atoms with van der Waals surface area (Å²) in [5.41, 5.74) is 0. The Bertz CT molecular complexity index is 1890. The normalized spacial score (nSPS) is 13.2. The molecule has 6 nitrogen and oxygen atoms in total. The molecule has 0 fully saturated rings. The highest BCUT2D eigenvalue weighted by Gasteiger charge is 2.19. The van der Waals surface area contributed by atoms with Crippen molar-refractivity contribution >= 4 is 17.9 Å². The monoisotopic (exact) mass is 1140 g/mol. The van der Waals surface area contributed by atoms with Crippen LogP contribution < -0.4 is 0 Å². The molecule has 0 aliphatic carbocycles. The predicted molar refractivity (Wildman–Crippen MR) is 361 cm³/mol. The lowest BCUT2D eigenvalue weighted by Gasteiger charge is -2.18. The number of esters is 3. The average Bonchev–Trinajstić information content (AvgIpc) is 3.49. The molecule has 0 amide bonds. The zero-order chi connectivity index (χ0) is 59.9. The Hall–Kier alpha value is -5.23. The van der Waals surface area contributed by atoms with Gasteiger partial charge in [0.05, 0.1) is 0 Å². The van der Waals surface area contributed by atoms with Crippen LogP contribution in [0.25, 0.3) is 0 Å². The highest BCUT2D eigenvalue weighted by atomic mass is 16.6. The van der Waals surface area contributed by atoms with Crippen molar-refractivity contribution in [3.8, 4) is 0 Å². The lowest BCUT2D eigenvalue weighted by Crippen LogP contribution is -2.30. The summed E-state index contributed by atoms with van der Waals surface area (Å²) in [6.45, 7) is 6.26. The number of rotatable bonds is 59. The quantitative estimate of drug-likeness (QED) is 0.0261. The standard InChI is InChI=1S/C77H122O6/c1-4-7-10-13-16-19-22-25-28-30-31-32-33-34-35-36-37-38-39-40-41-42-43-44-45-47-49-52-55-58-61-64-67-70-76(79)82-73-74(72-81-75(78)69-66-63-60-57-54-51-48-27-24-21-18-15-12-9-6-3)83-77(80)71-68-65-62-59-56-53-50-46-29-26-23-20-17-14-11-8-5-2/h7-12,16-21,25-29,31-32,34-35,37-38,40-41,48,50,53,74H,4-6,13-15,22-24,30,33,36,39,42-47,49,51-52,54-73H2,1-3H3/b10-7-,11-8-,12-9-,19-16-,20-17-,21-18-,28-25-,29-26-,32-31-,35-34-,38-37-,41-40-,48-27-,53-50-. The third-order valence-corrected chi connectivity index (χ3v) is 13.7. The van der Waals surface area contributed by atoms with Crippen molar-refractivity contribution in [1.29, 1.82) is 0 Å².